The molecule has 0 aliphatic heterocycles. The second kappa shape index (κ2) is 5.85. The van der Waals surface area contributed by atoms with Gasteiger partial charge in [0.15, 0.2) is 0 Å². The fourth-order valence-electron chi connectivity index (χ4n) is 1.69. The van der Waals surface area contributed by atoms with Gasteiger partial charge in [0.1, 0.15) is 0 Å². The Morgan fingerprint density at radius 1 is 1.16 bits per heavy atom. The molecule has 0 spiro atoms. The number of anilines is 1. The van der Waals surface area contributed by atoms with Gasteiger partial charge in [-0.15, -0.1) is 0 Å². The highest BCUT2D eigenvalue weighted by molar-refractivity contribution is 14.1. The van der Waals surface area contributed by atoms with Crippen LogP contribution < -0.4 is 4.90 Å². The summed E-state index contributed by atoms with van der Waals surface area (Å²) in [5.74, 6) is -0.0605. The average molecular weight is 362 g/mol. The summed E-state index contributed by atoms with van der Waals surface area (Å²) >= 11 is 2.15. The molecule has 0 N–H and O–H groups in total. The molecule has 2 aromatic carbocycles. The molecule has 0 bridgehead atoms. The minimum atomic E-state index is -0.0605. The number of rotatable bonds is 2. The molecule has 0 atom stereocenters. The van der Waals surface area contributed by atoms with Crippen molar-refractivity contribution in [3.8, 4) is 6.07 Å². The van der Waals surface area contributed by atoms with Crippen LogP contribution in [0.5, 0.6) is 0 Å². The quantitative estimate of drug-likeness (QED) is 0.769. The highest BCUT2D eigenvalue weighted by Gasteiger charge is 2.15. The Bertz CT molecular complexity index is 644. The lowest BCUT2D eigenvalue weighted by atomic mass is 10.1. The summed E-state index contributed by atoms with van der Waals surface area (Å²) in [4.78, 5) is 14.0. The molecule has 94 valence electrons. The van der Waals surface area contributed by atoms with Gasteiger partial charge in [0.25, 0.3) is 5.91 Å². The Balaban J connectivity index is 2.29. The zero-order valence-electron chi connectivity index (χ0n) is 10.3. The fraction of sp³-hybridized carbons (Fsp3) is 0.0667. The number of carbonyl (C=O) groups excluding carboxylic acids is 1. The van der Waals surface area contributed by atoms with Crippen molar-refractivity contribution in [2.24, 2.45) is 0 Å². The zero-order valence-corrected chi connectivity index (χ0v) is 12.5. The molecular formula is C15H11IN2O. The third-order valence-electron chi connectivity index (χ3n) is 2.79. The molecule has 2 rings (SSSR count). The van der Waals surface area contributed by atoms with Crippen molar-refractivity contribution in [3.05, 3.63) is 63.2 Å². The van der Waals surface area contributed by atoms with Crippen molar-refractivity contribution in [3.63, 3.8) is 0 Å². The van der Waals surface area contributed by atoms with E-state index in [2.05, 4.69) is 28.7 Å². The molecule has 0 radical (unpaired) electrons. The minimum absolute atomic E-state index is 0.0605. The molecule has 0 fully saturated rings. The smallest absolute Gasteiger partial charge is 0.259 e. The summed E-state index contributed by atoms with van der Waals surface area (Å²) in [5.41, 5.74) is 2.03. The van der Waals surface area contributed by atoms with Crippen molar-refractivity contribution in [1.82, 2.24) is 0 Å². The summed E-state index contributed by atoms with van der Waals surface area (Å²) in [6.07, 6.45) is 0. The number of halogens is 1. The molecule has 0 saturated heterocycles. The van der Waals surface area contributed by atoms with E-state index in [1.165, 1.54) is 0 Å². The van der Waals surface area contributed by atoms with Crippen LogP contribution in [-0.4, -0.2) is 13.0 Å². The topological polar surface area (TPSA) is 44.1 Å². The van der Waals surface area contributed by atoms with Gasteiger partial charge in [0.05, 0.1) is 17.2 Å². The second-order valence-electron chi connectivity index (χ2n) is 4.00. The van der Waals surface area contributed by atoms with E-state index in [0.29, 0.717) is 11.1 Å². The highest BCUT2D eigenvalue weighted by Crippen LogP contribution is 2.19. The van der Waals surface area contributed by atoms with E-state index >= 15 is 0 Å². The first-order chi connectivity index (χ1) is 9.13. The number of benzene rings is 2. The maximum Gasteiger partial charge on any atom is 0.259 e. The molecule has 0 aliphatic carbocycles. The lowest BCUT2D eigenvalue weighted by Gasteiger charge is -2.18. The summed E-state index contributed by atoms with van der Waals surface area (Å²) in [6.45, 7) is 0. The van der Waals surface area contributed by atoms with Crippen LogP contribution in [0.3, 0.4) is 0 Å². The lowest BCUT2D eigenvalue weighted by Crippen LogP contribution is -2.26. The van der Waals surface area contributed by atoms with Gasteiger partial charge in [0, 0.05) is 16.3 Å². The standard InChI is InChI=1S/C15H11IN2O/c1-18(12-8-6-11(10-17)7-9-12)15(19)13-4-2-3-5-14(13)16/h2-9H,1H3. The third kappa shape index (κ3) is 2.93. The monoisotopic (exact) mass is 362 g/mol. The van der Waals surface area contributed by atoms with Crippen molar-refractivity contribution in [2.45, 2.75) is 0 Å². The van der Waals surface area contributed by atoms with E-state index in [4.69, 9.17) is 5.26 Å². The normalized spacial score (nSPS) is 9.74. The van der Waals surface area contributed by atoms with E-state index in [1.54, 1.807) is 36.2 Å². The number of carbonyl (C=O) groups is 1. The van der Waals surface area contributed by atoms with Crippen LogP contribution in [0, 0.1) is 14.9 Å². The predicted octanol–water partition coefficient (Wildman–Crippen LogP) is 3.44. The molecule has 0 heterocycles. The van der Waals surface area contributed by atoms with E-state index in [0.717, 1.165) is 9.26 Å². The van der Waals surface area contributed by atoms with Crippen molar-refractivity contribution in [1.29, 1.82) is 5.26 Å². The SMILES string of the molecule is CN(C(=O)c1ccccc1I)c1ccc(C#N)cc1. The lowest BCUT2D eigenvalue weighted by molar-refractivity contribution is 0.0992. The Hall–Kier alpha value is -1.87. The van der Waals surface area contributed by atoms with Crippen LogP contribution in [-0.2, 0) is 0 Å². The summed E-state index contributed by atoms with van der Waals surface area (Å²) in [6, 6.07) is 16.5. The average Bonchev–Trinajstić information content (AvgIpc) is 2.46. The van der Waals surface area contributed by atoms with Crippen LogP contribution in [0.2, 0.25) is 0 Å². The van der Waals surface area contributed by atoms with Crippen molar-refractivity contribution in [2.75, 3.05) is 11.9 Å². The van der Waals surface area contributed by atoms with Gasteiger partial charge in [-0.25, -0.2) is 0 Å². The van der Waals surface area contributed by atoms with Gasteiger partial charge in [-0.05, 0) is 59.0 Å². The molecule has 1 amide bonds. The van der Waals surface area contributed by atoms with Gasteiger partial charge in [0.2, 0.25) is 0 Å². The number of hydrogen-bond donors (Lipinski definition) is 0. The minimum Gasteiger partial charge on any atom is -0.311 e. The van der Waals surface area contributed by atoms with Crippen LogP contribution in [0.15, 0.2) is 48.5 Å². The number of amides is 1. The summed E-state index contributed by atoms with van der Waals surface area (Å²) in [5, 5.41) is 8.76. The Morgan fingerprint density at radius 2 is 1.79 bits per heavy atom. The molecule has 3 nitrogen and oxygen atoms in total. The summed E-state index contributed by atoms with van der Waals surface area (Å²) < 4.78 is 0.922. The first-order valence-corrected chi connectivity index (χ1v) is 6.74. The molecule has 0 aliphatic rings. The van der Waals surface area contributed by atoms with Gasteiger partial charge in [-0.2, -0.15) is 5.26 Å². The highest BCUT2D eigenvalue weighted by atomic mass is 127. The van der Waals surface area contributed by atoms with Gasteiger partial charge in [-0.3, -0.25) is 4.79 Å². The van der Waals surface area contributed by atoms with Crippen LogP contribution in [0.25, 0.3) is 0 Å². The first kappa shape index (κ1) is 13.6. The van der Waals surface area contributed by atoms with Crippen LogP contribution >= 0.6 is 22.6 Å². The van der Waals surface area contributed by atoms with Gasteiger partial charge in [-0.1, -0.05) is 12.1 Å². The van der Waals surface area contributed by atoms with Gasteiger partial charge < -0.3 is 4.90 Å². The maximum absolute atomic E-state index is 12.4. The Labute approximate surface area is 125 Å². The zero-order chi connectivity index (χ0) is 13.8. The number of nitrogens with zero attached hydrogens (tertiary/aromatic N) is 2. The molecule has 4 heteroatoms. The van der Waals surface area contributed by atoms with Gasteiger partial charge >= 0.3 is 0 Å². The van der Waals surface area contributed by atoms with E-state index in [-0.39, 0.29) is 5.91 Å². The van der Waals surface area contributed by atoms with Crippen LogP contribution in [0.4, 0.5) is 5.69 Å². The fourth-order valence-corrected chi connectivity index (χ4v) is 2.31. The second-order valence-corrected chi connectivity index (χ2v) is 5.16. The van der Waals surface area contributed by atoms with E-state index < -0.39 is 0 Å². The van der Waals surface area contributed by atoms with E-state index in [9.17, 15) is 4.79 Å². The largest absolute Gasteiger partial charge is 0.311 e. The predicted molar refractivity (Wildman–Crippen MR) is 83.0 cm³/mol. The molecule has 0 saturated carbocycles. The van der Waals surface area contributed by atoms with Crippen molar-refractivity contribution < 1.29 is 4.79 Å². The molecule has 0 unspecified atom stereocenters. The van der Waals surface area contributed by atoms with Crippen molar-refractivity contribution >= 4 is 34.2 Å². The summed E-state index contributed by atoms with van der Waals surface area (Å²) in [7, 11) is 1.73. The first-order valence-electron chi connectivity index (χ1n) is 5.66. The number of nitriles is 1. The molecular weight excluding hydrogens is 351 g/mol. The third-order valence-corrected chi connectivity index (χ3v) is 3.73. The molecule has 0 aromatic heterocycles. The maximum atomic E-state index is 12.4. The molecule has 19 heavy (non-hydrogen) atoms. The Morgan fingerprint density at radius 3 is 2.37 bits per heavy atom. The van der Waals surface area contributed by atoms with E-state index in [1.807, 2.05) is 24.3 Å². The Kier molecular flexibility index (Phi) is 4.17. The van der Waals surface area contributed by atoms with Crippen LogP contribution in [0.1, 0.15) is 15.9 Å². The molecule has 2 aromatic rings. The number of hydrogen-bond acceptors (Lipinski definition) is 2.